The third-order valence-electron chi connectivity index (χ3n) is 3.48. The van der Waals surface area contributed by atoms with E-state index in [9.17, 15) is 4.79 Å². The summed E-state index contributed by atoms with van der Waals surface area (Å²) in [6.45, 7) is 5.86. The lowest BCUT2D eigenvalue weighted by Crippen LogP contribution is -2.24. The van der Waals surface area contributed by atoms with E-state index in [-0.39, 0.29) is 18.1 Å². The largest absolute Gasteiger partial charge is 0.489 e. The number of amides is 1. The summed E-state index contributed by atoms with van der Waals surface area (Å²) >= 11 is 0. The Hall–Kier alpha value is -2.75. The lowest BCUT2D eigenvalue weighted by Gasteiger charge is -2.13. The van der Waals surface area contributed by atoms with Crippen LogP contribution in [0.3, 0.4) is 0 Å². The van der Waals surface area contributed by atoms with E-state index in [2.05, 4.69) is 5.32 Å². The fourth-order valence-electron chi connectivity index (χ4n) is 2.29. The lowest BCUT2D eigenvalue weighted by atomic mass is 10.1. The monoisotopic (exact) mass is 324 g/mol. The highest BCUT2D eigenvalue weighted by Crippen LogP contribution is 2.24. The molecule has 0 spiro atoms. The highest BCUT2D eigenvalue weighted by atomic mass is 16.5. The maximum atomic E-state index is 12.0. The maximum absolute atomic E-state index is 12.0. The second-order valence-corrected chi connectivity index (χ2v) is 5.94. The molecule has 3 N–H and O–H groups in total. The molecule has 2 aromatic rings. The molecule has 0 radical (unpaired) electrons. The van der Waals surface area contributed by atoms with Crippen molar-refractivity contribution in [2.75, 3.05) is 5.73 Å². The first kappa shape index (κ1) is 17.6. The van der Waals surface area contributed by atoms with E-state index in [4.69, 9.17) is 10.5 Å². The van der Waals surface area contributed by atoms with Crippen LogP contribution >= 0.6 is 0 Å². The smallest absolute Gasteiger partial charge is 0.244 e. The van der Waals surface area contributed by atoms with E-state index in [0.29, 0.717) is 11.4 Å². The van der Waals surface area contributed by atoms with Gasteiger partial charge in [0.25, 0.3) is 0 Å². The first-order chi connectivity index (χ1) is 11.5. The van der Waals surface area contributed by atoms with Gasteiger partial charge in [0.1, 0.15) is 5.75 Å². The molecule has 126 valence electrons. The fourth-order valence-corrected chi connectivity index (χ4v) is 2.29. The Kier molecular flexibility index (Phi) is 6.01. The molecule has 1 amide bonds. The zero-order valence-electron chi connectivity index (χ0n) is 14.3. The molecule has 0 saturated heterocycles. The molecule has 2 aromatic carbocycles. The van der Waals surface area contributed by atoms with Crippen LogP contribution in [0.5, 0.6) is 5.75 Å². The number of benzene rings is 2. The Morgan fingerprint density at radius 3 is 2.46 bits per heavy atom. The highest BCUT2D eigenvalue weighted by Gasteiger charge is 2.07. The molecule has 0 aromatic heterocycles. The molecule has 4 nitrogen and oxygen atoms in total. The van der Waals surface area contributed by atoms with Crippen molar-refractivity contribution in [3.63, 3.8) is 0 Å². The van der Waals surface area contributed by atoms with Crippen LogP contribution in [0.25, 0.3) is 6.08 Å². The molecular formula is C20H24N2O2. The summed E-state index contributed by atoms with van der Waals surface area (Å²) < 4.78 is 5.60. The molecule has 0 heterocycles. The number of nitrogen functional groups attached to an aromatic ring is 1. The normalized spacial score (nSPS) is 12.3. The Morgan fingerprint density at radius 2 is 1.83 bits per heavy atom. The van der Waals surface area contributed by atoms with Crippen molar-refractivity contribution in [3.05, 3.63) is 65.7 Å². The van der Waals surface area contributed by atoms with Gasteiger partial charge in [0.15, 0.2) is 0 Å². The fraction of sp³-hybridized carbons (Fsp3) is 0.250. The average Bonchev–Trinajstić information content (AvgIpc) is 2.55. The van der Waals surface area contributed by atoms with Gasteiger partial charge in [0, 0.05) is 6.08 Å². The molecule has 0 fully saturated rings. The molecule has 2 rings (SSSR count). The minimum absolute atomic E-state index is 0.0461. The average molecular weight is 324 g/mol. The van der Waals surface area contributed by atoms with Gasteiger partial charge in [0.05, 0.1) is 17.8 Å². The van der Waals surface area contributed by atoms with Crippen LogP contribution in [0, 0.1) is 0 Å². The number of hydrogen-bond acceptors (Lipinski definition) is 3. The summed E-state index contributed by atoms with van der Waals surface area (Å²) in [5, 5.41) is 2.94. The van der Waals surface area contributed by atoms with Gasteiger partial charge in [0.2, 0.25) is 5.91 Å². The molecule has 0 aliphatic carbocycles. The van der Waals surface area contributed by atoms with E-state index in [1.807, 2.05) is 63.2 Å². The number of anilines is 1. The van der Waals surface area contributed by atoms with Gasteiger partial charge in [-0.2, -0.15) is 0 Å². The molecule has 0 aliphatic rings. The maximum Gasteiger partial charge on any atom is 0.244 e. The van der Waals surface area contributed by atoms with Crippen LogP contribution < -0.4 is 15.8 Å². The molecule has 1 unspecified atom stereocenters. The van der Waals surface area contributed by atoms with Crippen LogP contribution in [-0.4, -0.2) is 12.0 Å². The molecule has 1 atom stereocenters. The van der Waals surface area contributed by atoms with Crippen molar-refractivity contribution in [1.29, 1.82) is 0 Å². The Morgan fingerprint density at radius 1 is 1.12 bits per heavy atom. The predicted molar refractivity (Wildman–Crippen MR) is 98.7 cm³/mol. The second-order valence-electron chi connectivity index (χ2n) is 5.94. The number of rotatable bonds is 6. The molecule has 0 bridgehead atoms. The van der Waals surface area contributed by atoms with E-state index in [0.717, 1.165) is 11.1 Å². The van der Waals surface area contributed by atoms with Gasteiger partial charge in [-0.25, -0.2) is 0 Å². The van der Waals surface area contributed by atoms with Crippen molar-refractivity contribution in [2.24, 2.45) is 0 Å². The quantitative estimate of drug-likeness (QED) is 0.625. The number of carbonyl (C=O) groups is 1. The number of ether oxygens (including phenoxy) is 1. The van der Waals surface area contributed by atoms with E-state index < -0.39 is 0 Å². The van der Waals surface area contributed by atoms with Crippen LogP contribution in [0.2, 0.25) is 0 Å². The zero-order valence-corrected chi connectivity index (χ0v) is 14.3. The van der Waals surface area contributed by atoms with Gasteiger partial charge in [-0.05, 0) is 50.1 Å². The summed E-state index contributed by atoms with van der Waals surface area (Å²) in [6, 6.07) is 15.3. The highest BCUT2D eigenvalue weighted by molar-refractivity contribution is 5.92. The Bertz CT molecular complexity index is 709. The van der Waals surface area contributed by atoms with Crippen molar-refractivity contribution in [3.8, 4) is 5.75 Å². The van der Waals surface area contributed by atoms with Gasteiger partial charge in [-0.3, -0.25) is 4.79 Å². The first-order valence-electron chi connectivity index (χ1n) is 8.05. The molecule has 4 heteroatoms. The summed E-state index contributed by atoms with van der Waals surface area (Å²) in [5.74, 6) is 0.511. The Balaban J connectivity index is 1.97. The van der Waals surface area contributed by atoms with Crippen molar-refractivity contribution < 1.29 is 9.53 Å². The van der Waals surface area contributed by atoms with Crippen molar-refractivity contribution >= 4 is 17.7 Å². The summed E-state index contributed by atoms with van der Waals surface area (Å²) in [4.78, 5) is 12.0. The van der Waals surface area contributed by atoms with Gasteiger partial charge in [-0.1, -0.05) is 36.4 Å². The number of hydrogen-bond donors (Lipinski definition) is 2. The van der Waals surface area contributed by atoms with Crippen LogP contribution in [-0.2, 0) is 4.79 Å². The standard InChI is InChI=1S/C20H24N2O2/c1-14(2)24-19-11-9-16(13-18(19)21)10-12-20(23)22-15(3)17-7-5-4-6-8-17/h4-15H,21H2,1-3H3,(H,22,23)/b12-10-. The predicted octanol–water partition coefficient (Wildman–Crippen LogP) is 3.95. The summed E-state index contributed by atoms with van der Waals surface area (Å²) in [6.07, 6.45) is 3.32. The van der Waals surface area contributed by atoms with Gasteiger partial charge >= 0.3 is 0 Å². The minimum atomic E-state index is -0.146. The van der Waals surface area contributed by atoms with E-state index >= 15 is 0 Å². The van der Waals surface area contributed by atoms with E-state index in [1.165, 1.54) is 6.08 Å². The Labute approximate surface area is 143 Å². The SMILES string of the molecule is CC(C)Oc1ccc(/C=C\C(=O)NC(C)c2ccccc2)cc1N. The number of carbonyl (C=O) groups excluding carboxylic acids is 1. The molecule has 24 heavy (non-hydrogen) atoms. The van der Waals surface area contributed by atoms with E-state index in [1.54, 1.807) is 12.1 Å². The van der Waals surface area contributed by atoms with Gasteiger partial charge < -0.3 is 15.8 Å². The van der Waals surface area contributed by atoms with Crippen molar-refractivity contribution in [1.82, 2.24) is 5.32 Å². The second kappa shape index (κ2) is 8.20. The van der Waals surface area contributed by atoms with Crippen LogP contribution in [0.15, 0.2) is 54.6 Å². The molecule has 0 saturated carbocycles. The third kappa shape index (κ3) is 5.16. The van der Waals surface area contributed by atoms with Gasteiger partial charge in [-0.15, -0.1) is 0 Å². The molecule has 0 aliphatic heterocycles. The summed E-state index contributed by atoms with van der Waals surface area (Å²) in [5.41, 5.74) is 8.45. The lowest BCUT2D eigenvalue weighted by molar-refractivity contribution is -0.117. The zero-order chi connectivity index (χ0) is 17.5. The topological polar surface area (TPSA) is 64.3 Å². The van der Waals surface area contributed by atoms with Crippen molar-refractivity contribution in [2.45, 2.75) is 32.9 Å². The minimum Gasteiger partial charge on any atom is -0.489 e. The number of nitrogens with two attached hydrogens (primary N) is 1. The van der Waals surface area contributed by atoms with Crippen LogP contribution in [0.4, 0.5) is 5.69 Å². The number of nitrogens with one attached hydrogen (secondary N) is 1. The van der Waals surface area contributed by atoms with Crippen LogP contribution in [0.1, 0.15) is 37.9 Å². The molecular weight excluding hydrogens is 300 g/mol. The third-order valence-corrected chi connectivity index (χ3v) is 3.48. The first-order valence-corrected chi connectivity index (χ1v) is 8.05. The summed E-state index contributed by atoms with van der Waals surface area (Å²) in [7, 11) is 0.